The van der Waals surface area contributed by atoms with Crippen molar-refractivity contribution in [1.82, 2.24) is 4.90 Å². The molecule has 5 nitrogen and oxygen atoms in total. The molecule has 6 heteroatoms. The molecule has 0 unspecified atom stereocenters. The summed E-state index contributed by atoms with van der Waals surface area (Å²) in [6.07, 6.45) is 1.77. The molecule has 178 valence electrons. The van der Waals surface area contributed by atoms with Gasteiger partial charge in [0.15, 0.2) is 5.09 Å². The number of rotatable bonds is 11. The number of thioether (sulfide) groups is 1. The van der Waals surface area contributed by atoms with E-state index in [-0.39, 0.29) is 6.09 Å². The van der Waals surface area contributed by atoms with Gasteiger partial charge in [0.2, 0.25) is 0 Å². The molecule has 0 atom stereocenters. The highest BCUT2D eigenvalue weighted by Crippen LogP contribution is 2.30. The minimum Gasteiger partial charge on any atom is -0.450 e. The maximum absolute atomic E-state index is 12.8. The second-order valence-corrected chi connectivity index (χ2v) is 10.1. The Morgan fingerprint density at radius 2 is 1.82 bits per heavy atom. The summed E-state index contributed by atoms with van der Waals surface area (Å²) in [4.78, 5) is 14.5. The minimum absolute atomic E-state index is 0.333. The van der Waals surface area contributed by atoms with Gasteiger partial charge in [-0.1, -0.05) is 67.6 Å². The fraction of sp³-hybridized carbons (Fsp3) is 0.444. The maximum Gasteiger partial charge on any atom is 0.410 e. The largest absolute Gasteiger partial charge is 0.450 e. The van der Waals surface area contributed by atoms with E-state index in [4.69, 9.17) is 13.9 Å². The summed E-state index contributed by atoms with van der Waals surface area (Å²) in [6.45, 7) is 9.89. The molecule has 33 heavy (non-hydrogen) atoms. The smallest absolute Gasteiger partial charge is 0.410 e. The van der Waals surface area contributed by atoms with Crippen LogP contribution in [0.15, 0.2) is 64.1 Å². The van der Waals surface area contributed by atoms with Gasteiger partial charge in [0, 0.05) is 30.8 Å². The van der Waals surface area contributed by atoms with Gasteiger partial charge in [0.1, 0.15) is 11.2 Å². The second-order valence-electron chi connectivity index (χ2n) is 9.08. The predicted molar refractivity (Wildman–Crippen MR) is 135 cm³/mol. The van der Waals surface area contributed by atoms with Crippen LogP contribution in [0.3, 0.4) is 0 Å². The number of furan rings is 1. The average molecular weight is 470 g/mol. The van der Waals surface area contributed by atoms with Crippen molar-refractivity contribution in [1.29, 1.82) is 0 Å². The summed E-state index contributed by atoms with van der Waals surface area (Å²) < 4.78 is 17.4. The quantitative estimate of drug-likeness (QED) is 0.218. The number of amides is 1. The molecule has 1 heterocycles. The number of hydrogen-bond donors (Lipinski definition) is 0. The molecule has 0 radical (unpaired) electrons. The number of carbonyl (C=O) groups is 1. The van der Waals surface area contributed by atoms with Gasteiger partial charge in [-0.3, -0.25) is 0 Å². The van der Waals surface area contributed by atoms with Crippen LogP contribution in [-0.2, 0) is 21.8 Å². The fourth-order valence-electron chi connectivity index (χ4n) is 3.25. The Hall–Kier alpha value is -2.44. The molecule has 0 aliphatic heterocycles. The van der Waals surface area contributed by atoms with Crippen molar-refractivity contribution in [3.05, 3.63) is 65.7 Å². The molecule has 0 spiro atoms. The van der Waals surface area contributed by atoms with E-state index in [1.165, 1.54) is 5.56 Å². The van der Waals surface area contributed by atoms with Crippen molar-refractivity contribution in [3.8, 4) is 0 Å². The highest BCUT2D eigenvalue weighted by molar-refractivity contribution is 7.98. The van der Waals surface area contributed by atoms with Crippen LogP contribution in [0.5, 0.6) is 0 Å². The Morgan fingerprint density at radius 3 is 2.55 bits per heavy atom. The maximum atomic E-state index is 12.8. The first-order valence-electron chi connectivity index (χ1n) is 11.6. The van der Waals surface area contributed by atoms with E-state index in [1.807, 2.05) is 57.2 Å². The first-order valence-corrected chi connectivity index (χ1v) is 12.6. The van der Waals surface area contributed by atoms with Crippen LogP contribution in [0.1, 0.15) is 51.7 Å². The minimum atomic E-state index is -0.547. The van der Waals surface area contributed by atoms with Gasteiger partial charge in [-0.25, -0.2) is 4.79 Å². The number of benzene rings is 2. The molecule has 0 N–H and O–H groups in total. The zero-order chi connectivity index (χ0) is 23.7. The van der Waals surface area contributed by atoms with Gasteiger partial charge in [-0.2, -0.15) is 0 Å². The Bertz CT molecular complexity index is 1010. The number of fused-ring (bicyclic) bond motifs is 1. The lowest BCUT2D eigenvalue weighted by atomic mass is 10.1. The molecule has 1 amide bonds. The first-order chi connectivity index (χ1) is 15.8. The highest BCUT2D eigenvalue weighted by Gasteiger charge is 2.22. The molecule has 0 aliphatic rings. The number of nitrogens with zero attached hydrogens (tertiary/aromatic N) is 1. The summed E-state index contributed by atoms with van der Waals surface area (Å²) in [7, 11) is 0. The third-order valence-electron chi connectivity index (χ3n) is 4.96. The third-order valence-corrected chi connectivity index (χ3v) is 5.92. The van der Waals surface area contributed by atoms with Crippen molar-refractivity contribution in [3.63, 3.8) is 0 Å². The molecule has 0 saturated heterocycles. The Kier molecular flexibility index (Phi) is 9.27. The topological polar surface area (TPSA) is 51.9 Å². The van der Waals surface area contributed by atoms with Crippen molar-refractivity contribution in [2.24, 2.45) is 0 Å². The lowest BCUT2D eigenvalue weighted by molar-refractivity contribution is 0.0155. The highest BCUT2D eigenvalue weighted by atomic mass is 32.2. The van der Waals surface area contributed by atoms with Crippen molar-refractivity contribution in [2.45, 2.75) is 63.5 Å². The van der Waals surface area contributed by atoms with E-state index in [9.17, 15) is 4.79 Å². The summed E-state index contributed by atoms with van der Waals surface area (Å²) in [5.41, 5.74) is 2.54. The summed E-state index contributed by atoms with van der Waals surface area (Å²) in [6, 6.07) is 18.5. The van der Waals surface area contributed by atoms with Crippen molar-refractivity contribution in [2.75, 3.05) is 19.8 Å². The van der Waals surface area contributed by atoms with Gasteiger partial charge >= 0.3 is 6.09 Å². The standard InChI is InChI=1S/C27H35NO4S/c1-5-6-15-30-16-14-28(26(29)32-27(2,3)4)19-22-12-13-23-18-25(31-24(23)17-22)33-20-21-10-8-7-9-11-21/h7-13,17-18H,5-6,14-16,19-20H2,1-4H3. The number of ether oxygens (including phenoxy) is 2. The van der Waals surface area contributed by atoms with E-state index in [2.05, 4.69) is 25.1 Å². The van der Waals surface area contributed by atoms with Gasteiger partial charge < -0.3 is 18.8 Å². The van der Waals surface area contributed by atoms with Crippen LogP contribution < -0.4 is 0 Å². The molecule has 3 aromatic rings. The molecular formula is C27H35NO4S. The second kappa shape index (κ2) is 12.1. The van der Waals surface area contributed by atoms with Gasteiger partial charge in [0.25, 0.3) is 0 Å². The first kappa shape index (κ1) is 25.2. The van der Waals surface area contributed by atoms with Gasteiger partial charge in [0.05, 0.1) is 6.61 Å². The van der Waals surface area contributed by atoms with Crippen LogP contribution >= 0.6 is 11.8 Å². The Balaban J connectivity index is 1.66. The van der Waals surface area contributed by atoms with Gasteiger partial charge in [-0.05, 0) is 50.5 Å². The Labute approximate surface area is 201 Å². The van der Waals surface area contributed by atoms with Crippen LogP contribution in [0.25, 0.3) is 11.0 Å². The molecule has 2 aromatic carbocycles. The van der Waals surface area contributed by atoms with E-state index in [0.717, 1.165) is 40.2 Å². The molecule has 0 aliphatic carbocycles. The lowest BCUT2D eigenvalue weighted by Crippen LogP contribution is -2.38. The van der Waals surface area contributed by atoms with E-state index < -0.39 is 5.60 Å². The Morgan fingerprint density at radius 1 is 1.03 bits per heavy atom. The van der Waals surface area contributed by atoms with Crippen LogP contribution in [-0.4, -0.2) is 36.4 Å². The van der Waals surface area contributed by atoms with Crippen LogP contribution in [0.4, 0.5) is 4.79 Å². The van der Waals surface area contributed by atoms with Crippen LogP contribution in [0.2, 0.25) is 0 Å². The van der Waals surface area contributed by atoms with Crippen molar-refractivity contribution < 1.29 is 18.7 Å². The SMILES string of the molecule is CCCCOCCN(Cc1ccc2cc(SCc3ccccc3)oc2c1)C(=O)OC(C)(C)C. The molecule has 0 saturated carbocycles. The molecule has 0 bridgehead atoms. The molecule has 1 aromatic heterocycles. The predicted octanol–water partition coefficient (Wildman–Crippen LogP) is 7.28. The summed E-state index contributed by atoms with van der Waals surface area (Å²) >= 11 is 1.68. The van der Waals surface area contributed by atoms with E-state index >= 15 is 0 Å². The molecular weight excluding hydrogens is 434 g/mol. The monoisotopic (exact) mass is 469 g/mol. The van der Waals surface area contributed by atoms with Crippen LogP contribution in [0, 0.1) is 0 Å². The molecule has 0 fully saturated rings. The number of unbranched alkanes of at least 4 members (excludes halogenated alkanes) is 1. The van der Waals surface area contributed by atoms with E-state index in [1.54, 1.807) is 16.7 Å². The average Bonchev–Trinajstić information content (AvgIpc) is 3.18. The zero-order valence-corrected chi connectivity index (χ0v) is 21.0. The van der Waals surface area contributed by atoms with E-state index in [0.29, 0.717) is 26.3 Å². The fourth-order valence-corrected chi connectivity index (χ4v) is 4.11. The zero-order valence-electron chi connectivity index (χ0n) is 20.1. The summed E-state index contributed by atoms with van der Waals surface area (Å²) in [5.74, 6) is 0.859. The number of carbonyl (C=O) groups excluding carboxylic acids is 1. The van der Waals surface area contributed by atoms with Gasteiger partial charge in [-0.15, -0.1) is 0 Å². The summed E-state index contributed by atoms with van der Waals surface area (Å²) in [5, 5.41) is 1.94. The molecule has 3 rings (SSSR count). The number of hydrogen-bond acceptors (Lipinski definition) is 5. The normalized spacial score (nSPS) is 11.6. The third kappa shape index (κ3) is 8.45. The lowest BCUT2D eigenvalue weighted by Gasteiger charge is -2.27. The van der Waals surface area contributed by atoms with Crippen molar-refractivity contribution >= 4 is 28.8 Å².